The SMILES string of the molecule is COc1ccc(C[C@H]([C@H](c2ccccc2)N(C(=O)C(F)(F)F)c2ccc(OC)cc2)[N+](=O)[O-])cc1. The summed E-state index contributed by atoms with van der Waals surface area (Å²) in [6.45, 7) is 0. The Bertz CT molecular complexity index is 1140. The Morgan fingerprint density at radius 2 is 1.43 bits per heavy atom. The lowest BCUT2D eigenvalue weighted by Crippen LogP contribution is -2.49. The van der Waals surface area contributed by atoms with Gasteiger partial charge in [-0.15, -0.1) is 0 Å². The highest BCUT2D eigenvalue weighted by Crippen LogP contribution is 2.37. The summed E-state index contributed by atoms with van der Waals surface area (Å²) in [6, 6.07) is 16.2. The average molecular weight is 488 g/mol. The molecule has 0 aromatic heterocycles. The van der Waals surface area contributed by atoms with Crippen LogP contribution in [0.1, 0.15) is 17.2 Å². The Morgan fingerprint density at radius 1 is 0.914 bits per heavy atom. The van der Waals surface area contributed by atoms with Crippen LogP contribution in [0.25, 0.3) is 0 Å². The van der Waals surface area contributed by atoms with Crippen molar-refractivity contribution in [3.8, 4) is 11.5 Å². The molecular weight excluding hydrogens is 465 g/mol. The van der Waals surface area contributed by atoms with E-state index in [1.54, 1.807) is 42.5 Å². The number of nitrogens with zero attached hydrogens (tertiary/aromatic N) is 2. The highest BCUT2D eigenvalue weighted by atomic mass is 19.4. The summed E-state index contributed by atoms with van der Waals surface area (Å²) in [5.74, 6) is -1.33. The molecule has 35 heavy (non-hydrogen) atoms. The Kier molecular flexibility index (Phi) is 7.95. The standard InChI is InChI=1S/C25H23F3N2O5/c1-34-20-12-8-17(9-13-20)16-22(30(32)33)23(18-6-4-3-5-7-18)29(24(31)25(26,27)28)19-10-14-21(35-2)15-11-19/h3-15,22-23H,16H2,1-2H3/t22-,23+/m1/s1. The second kappa shape index (κ2) is 10.9. The first-order valence-electron chi connectivity index (χ1n) is 10.5. The second-order valence-corrected chi connectivity index (χ2v) is 7.63. The number of alkyl halides is 3. The first-order chi connectivity index (χ1) is 16.7. The predicted octanol–water partition coefficient (Wildman–Crippen LogP) is 5.23. The molecule has 0 unspecified atom stereocenters. The van der Waals surface area contributed by atoms with E-state index in [1.165, 1.54) is 50.6 Å². The molecule has 3 aromatic carbocycles. The molecule has 3 rings (SSSR count). The van der Waals surface area contributed by atoms with Crippen molar-refractivity contribution in [2.45, 2.75) is 24.7 Å². The van der Waals surface area contributed by atoms with E-state index in [9.17, 15) is 28.1 Å². The van der Waals surface area contributed by atoms with Crippen LogP contribution in [-0.4, -0.2) is 37.3 Å². The molecule has 0 radical (unpaired) electrons. The van der Waals surface area contributed by atoms with E-state index in [2.05, 4.69) is 0 Å². The van der Waals surface area contributed by atoms with Crippen LogP contribution >= 0.6 is 0 Å². The number of halogens is 3. The molecule has 184 valence electrons. The van der Waals surface area contributed by atoms with Gasteiger partial charge in [-0.25, -0.2) is 0 Å². The van der Waals surface area contributed by atoms with Crippen molar-refractivity contribution in [1.82, 2.24) is 0 Å². The molecule has 0 N–H and O–H groups in total. The maximum atomic E-state index is 13.8. The van der Waals surface area contributed by atoms with E-state index in [-0.39, 0.29) is 17.7 Å². The number of carbonyl (C=O) groups excluding carboxylic acids is 1. The first-order valence-corrected chi connectivity index (χ1v) is 10.5. The Morgan fingerprint density at radius 3 is 1.89 bits per heavy atom. The smallest absolute Gasteiger partial charge is 0.471 e. The fraction of sp³-hybridized carbons (Fsp3) is 0.240. The van der Waals surface area contributed by atoms with Crippen molar-refractivity contribution in [3.05, 3.63) is 100 Å². The Labute approximate surface area is 199 Å². The van der Waals surface area contributed by atoms with Crippen molar-refractivity contribution in [3.63, 3.8) is 0 Å². The molecule has 0 spiro atoms. The highest BCUT2D eigenvalue weighted by molar-refractivity contribution is 5.98. The number of benzene rings is 3. The summed E-state index contributed by atoms with van der Waals surface area (Å²) < 4.78 is 51.5. The molecule has 0 aliphatic rings. The van der Waals surface area contributed by atoms with Gasteiger partial charge >= 0.3 is 12.1 Å². The zero-order valence-corrected chi connectivity index (χ0v) is 18.9. The van der Waals surface area contributed by atoms with Crippen LogP contribution in [0.5, 0.6) is 11.5 Å². The third-order valence-corrected chi connectivity index (χ3v) is 5.47. The van der Waals surface area contributed by atoms with Gasteiger partial charge in [-0.3, -0.25) is 19.8 Å². The molecule has 2 atom stereocenters. The Balaban J connectivity index is 2.18. The van der Waals surface area contributed by atoms with E-state index < -0.39 is 29.1 Å². The average Bonchev–Trinajstić information content (AvgIpc) is 2.86. The van der Waals surface area contributed by atoms with Crippen LogP contribution in [0.2, 0.25) is 0 Å². The number of rotatable bonds is 9. The first kappa shape index (κ1) is 25.5. The fourth-order valence-electron chi connectivity index (χ4n) is 3.78. The number of carbonyl (C=O) groups is 1. The monoisotopic (exact) mass is 488 g/mol. The summed E-state index contributed by atoms with van der Waals surface area (Å²) in [6.07, 6.45) is -5.50. The number of ether oxygens (including phenoxy) is 2. The summed E-state index contributed by atoms with van der Waals surface area (Å²) in [4.78, 5) is 24.8. The van der Waals surface area contributed by atoms with Gasteiger partial charge in [0.15, 0.2) is 0 Å². The molecule has 0 bridgehead atoms. The maximum Gasteiger partial charge on any atom is 0.471 e. The fourth-order valence-corrected chi connectivity index (χ4v) is 3.78. The van der Waals surface area contributed by atoms with Gasteiger partial charge in [-0.05, 0) is 47.5 Å². The van der Waals surface area contributed by atoms with Gasteiger partial charge in [0.25, 0.3) is 0 Å². The number of amides is 1. The van der Waals surface area contributed by atoms with Crippen molar-refractivity contribution in [1.29, 1.82) is 0 Å². The van der Waals surface area contributed by atoms with Gasteiger partial charge in [0.1, 0.15) is 17.5 Å². The minimum atomic E-state index is -5.27. The third-order valence-electron chi connectivity index (χ3n) is 5.47. The molecular formula is C25H23F3N2O5. The minimum absolute atomic E-state index is 0.149. The van der Waals surface area contributed by atoms with E-state index in [4.69, 9.17) is 9.47 Å². The number of anilines is 1. The zero-order valence-electron chi connectivity index (χ0n) is 18.9. The summed E-state index contributed by atoms with van der Waals surface area (Å²) >= 11 is 0. The van der Waals surface area contributed by atoms with Crippen LogP contribution in [-0.2, 0) is 11.2 Å². The molecule has 10 heteroatoms. The third kappa shape index (κ3) is 6.08. The number of hydrogen-bond donors (Lipinski definition) is 0. The minimum Gasteiger partial charge on any atom is -0.497 e. The Hall–Kier alpha value is -4.08. The number of hydrogen-bond acceptors (Lipinski definition) is 5. The maximum absolute atomic E-state index is 13.8. The number of methoxy groups -OCH3 is 2. The zero-order chi connectivity index (χ0) is 25.6. The summed E-state index contributed by atoms with van der Waals surface area (Å²) in [5.41, 5.74) is 0.544. The molecule has 7 nitrogen and oxygen atoms in total. The molecule has 0 saturated heterocycles. The number of nitro groups is 1. The normalized spacial score (nSPS) is 12.9. The van der Waals surface area contributed by atoms with Gasteiger partial charge in [0, 0.05) is 17.0 Å². The summed E-state index contributed by atoms with van der Waals surface area (Å²) in [5, 5.41) is 12.3. The second-order valence-electron chi connectivity index (χ2n) is 7.63. The van der Waals surface area contributed by atoms with E-state index >= 15 is 0 Å². The van der Waals surface area contributed by atoms with Crippen LogP contribution in [0.3, 0.4) is 0 Å². The van der Waals surface area contributed by atoms with E-state index in [1.807, 2.05) is 0 Å². The topological polar surface area (TPSA) is 81.9 Å². The van der Waals surface area contributed by atoms with Gasteiger partial charge in [0.2, 0.25) is 6.04 Å². The molecule has 1 amide bonds. The van der Waals surface area contributed by atoms with Gasteiger partial charge < -0.3 is 9.47 Å². The van der Waals surface area contributed by atoms with Crippen LogP contribution in [0.15, 0.2) is 78.9 Å². The molecule has 0 heterocycles. The highest BCUT2D eigenvalue weighted by Gasteiger charge is 2.49. The lowest BCUT2D eigenvalue weighted by molar-refractivity contribution is -0.526. The lowest BCUT2D eigenvalue weighted by Gasteiger charge is -2.34. The molecule has 0 fully saturated rings. The van der Waals surface area contributed by atoms with Crippen molar-refractivity contribution in [2.24, 2.45) is 0 Å². The van der Waals surface area contributed by atoms with Gasteiger partial charge in [0.05, 0.1) is 14.2 Å². The van der Waals surface area contributed by atoms with Crippen LogP contribution in [0.4, 0.5) is 18.9 Å². The molecule has 3 aromatic rings. The van der Waals surface area contributed by atoms with Gasteiger partial charge in [-0.1, -0.05) is 42.5 Å². The van der Waals surface area contributed by atoms with Crippen molar-refractivity contribution < 1.29 is 32.4 Å². The van der Waals surface area contributed by atoms with E-state index in [0.29, 0.717) is 22.0 Å². The van der Waals surface area contributed by atoms with Crippen molar-refractivity contribution >= 4 is 11.6 Å². The van der Waals surface area contributed by atoms with E-state index in [0.717, 1.165) is 0 Å². The van der Waals surface area contributed by atoms with Crippen LogP contribution < -0.4 is 14.4 Å². The quantitative estimate of drug-likeness (QED) is 0.304. The molecule has 0 aliphatic carbocycles. The van der Waals surface area contributed by atoms with Gasteiger partial charge in [-0.2, -0.15) is 13.2 Å². The molecule has 0 aliphatic heterocycles. The predicted molar refractivity (Wildman–Crippen MR) is 123 cm³/mol. The van der Waals surface area contributed by atoms with Crippen molar-refractivity contribution in [2.75, 3.05) is 19.1 Å². The van der Waals surface area contributed by atoms with Crippen LogP contribution in [0, 0.1) is 10.1 Å². The molecule has 0 saturated carbocycles. The largest absolute Gasteiger partial charge is 0.497 e. The lowest BCUT2D eigenvalue weighted by atomic mass is 9.92. The summed E-state index contributed by atoms with van der Waals surface area (Å²) in [7, 11) is 2.85.